The minimum Gasteiger partial charge on any atom is -0.396 e. The van der Waals surface area contributed by atoms with Gasteiger partial charge in [-0.15, -0.1) is 0 Å². The fourth-order valence-electron chi connectivity index (χ4n) is 3.72. The molecular formula is C14H18FNO3S. The van der Waals surface area contributed by atoms with Crippen LogP contribution in [0.15, 0.2) is 29.2 Å². The van der Waals surface area contributed by atoms with Gasteiger partial charge in [-0.25, -0.2) is 17.5 Å². The zero-order valence-corrected chi connectivity index (χ0v) is 11.8. The number of sulfonamides is 1. The molecule has 3 rings (SSSR count). The third-order valence-corrected chi connectivity index (χ3v) is 6.19. The first-order valence-electron chi connectivity index (χ1n) is 6.90. The quantitative estimate of drug-likeness (QED) is 0.885. The number of aliphatic hydroxyl groups is 1. The maximum atomic E-state index is 12.9. The third-order valence-electron chi connectivity index (χ3n) is 4.71. The van der Waals surface area contributed by atoms with E-state index < -0.39 is 15.8 Å². The molecule has 2 fully saturated rings. The Bertz CT molecular complexity index is 587. The van der Waals surface area contributed by atoms with E-state index in [1.54, 1.807) is 0 Å². The van der Waals surface area contributed by atoms with Gasteiger partial charge in [0.15, 0.2) is 0 Å². The Morgan fingerprint density at radius 3 is 2.50 bits per heavy atom. The first-order chi connectivity index (χ1) is 9.51. The number of halogens is 1. The number of hydrogen-bond donors (Lipinski definition) is 2. The predicted molar refractivity (Wildman–Crippen MR) is 71.9 cm³/mol. The van der Waals surface area contributed by atoms with Crippen molar-refractivity contribution >= 4 is 10.0 Å². The Morgan fingerprint density at radius 2 is 1.85 bits per heavy atom. The molecule has 1 aromatic rings. The summed E-state index contributed by atoms with van der Waals surface area (Å²) in [5.41, 5.74) is 0. The molecule has 2 saturated carbocycles. The van der Waals surface area contributed by atoms with E-state index in [0.29, 0.717) is 11.8 Å². The Labute approximate surface area is 118 Å². The molecule has 0 aromatic heterocycles. The van der Waals surface area contributed by atoms with Crippen LogP contribution in [-0.4, -0.2) is 26.2 Å². The van der Waals surface area contributed by atoms with Crippen molar-refractivity contribution in [3.05, 3.63) is 30.1 Å². The van der Waals surface area contributed by atoms with Crippen molar-refractivity contribution in [2.75, 3.05) is 6.61 Å². The average molecular weight is 299 g/mol. The molecule has 0 saturated heterocycles. The summed E-state index contributed by atoms with van der Waals surface area (Å²) in [6, 6.07) is 4.60. The highest BCUT2D eigenvalue weighted by atomic mass is 32.2. The molecule has 2 aliphatic rings. The van der Waals surface area contributed by atoms with Crippen LogP contribution in [0.25, 0.3) is 0 Å². The lowest BCUT2D eigenvalue weighted by atomic mass is 9.86. The van der Waals surface area contributed by atoms with E-state index in [4.69, 9.17) is 0 Å². The summed E-state index contributed by atoms with van der Waals surface area (Å²) in [6.07, 6.45) is 3.07. The van der Waals surface area contributed by atoms with E-state index in [1.165, 1.54) is 12.1 Å². The summed E-state index contributed by atoms with van der Waals surface area (Å²) in [5, 5.41) is 9.48. The number of rotatable bonds is 4. The molecule has 2 aliphatic carbocycles. The van der Waals surface area contributed by atoms with Crippen molar-refractivity contribution in [1.29, 1.82) is 0 Å². The van der Waals surface area contributed by atoms with Crippen molar-refractivity contribution < 1.29 is 17.9 Å². The first-order valence-corrected chi connectivity index (χ1v) is 8.38. The smallest absolute Gasteiger partial charge is 0.240 e. The van der Waals surface area contributed by atoms with Gasteiger partial charge < -0.3 is 5.11 Å². The lowest BCUT2D eigenvalue weighted by Crippen LogP contribution is -2.45. The fraction of sp³-hybridized carbons (Fsp3) is 0.571. The van der Waals surface area contributed by atoms with Crippen LogP contribution in [-0.2, 0) is 10.0 Å². The van der Waals surface area contributed by atoms with Gasteiger partial charge in [0.1, 0.15) is 5.82 Å². The Balaban J connectivity index is 1.81. The molecule has 6 heteroatoms. The number of benzene rings is 1. The molecule has 2 N–H and O–H groups in total. The number of nitrogens with one attached hydrogen (secondary N) is 1. The lowest BCUT2D eigenvalue weighted by molar-refractivity contribution is 0.153. The lowest BCUT2D eigenvalue weighted by Gasteiger charge is -2.30. The Kier molecular flexibility index (Phi) is 3.56. The maximum Gasteiger partial charge on any atom is 0.240 e. The van der Waals surface area contributed by atoms with E-state index in [9.17, 15) is 17.9 Å². The number of hydrogen-bond acceptors (Lipinski definition) is 3. The van der Waals surface area contributed by atoms with Gasteiger partial charge in [0, 0.05) is 18.6 Å². The van der Waals surface area contributed by atoms with Crippen LogP contribution in [0.1, 0.15) is 19.3 Å². The van der Waals surface area contributed by atoms with Gasteiger partial charge in [-0.05, 0) is 55.4 Å². The van der Waals surface area contributed by atoms with Crippen molar-refractivity contribution in [2.45, 2.75) is 30.2 Å². The highest BCUT2D eigenvalue weighted by Crippen LogP contribution is 2.48. The topological polar surface area (TPSA) is 66.4 Å². The standard InChI is InChI=1S/C14H18FNO3S/c15-11-3-5-12(6-4-11)20(18,19)16-14-10-2-1-9(7-10)13(14)8-17/h3-6,9-10,13-14,16-17H,1-2,7-8H2. The van der Waals surface area contributed by atoms with E-state index in [0.717, 1.165) is 31.4 Å². The normalized spacial score (nSPS) is 32.7. The number of fused-ring (bicyclic) bond motifs is 2. The molecule has 1 aromatic carbocycles. The minimum atomic E-state index is -3.65. The van der Waals surface area contributed by atoms with Gasteiger partial charge in [0.25, 0.3) is 0 Å². The van der Waals surface area contributed by atoms with Crippen LogP contribution in [0.4, 0.5) is 4.39 Å². The van der Waals surface area contributed by atoms with E-state index in [-0.39, 0.29) is 23.5 Å². The minimum absolute atomic E-state index is 0.00368. The summed E-state index contributed by atoms with van der Waals surface area (Å²) < 4.78 is 40.2. The molecule has 4 unspecified atom stereocenters. The second kappa shape index (κ2) is 5.09. The van der Waals surface area contributed by atoms with Crippen LogP contribution in [0, 0.1) is 23.6 Å². The molecular weight excluding hydrogens is 281 g/mol. The first kappa shape index (κ1) is 14.0. The summed E-state index contributed by atoms with van der Waals surface area (Å²) in [6.45, 7) is 0.0117. The molecule has 0 heterocycles. The summed E-state index contributed by atoms with van der Waals surface area (Å²) in [7, 11) is -3.65. The van der Waals surface area contributed by atoms with Crippen LogP contribution in [0.5, 0.6) is 0 Å². The summed E-state index contributed by atoms with van der Waals surface area (Å²) in [5.74, 6) is 0.277. The zero-order chi connectivity index (χ0) is 14.3. The Morgan fingerprint density at radius 1 is 1.20 bits per heavy atom. The van der Waals surface area contributed by atoms with Crippen molar-refractivity contribution in [3.8, 4) is 0 Å². The molecule has 20 heavy (non-hydrogen) atoms. The van der Waals surface area contributed by atoms with Crippen LogP contribution >= 0.6 is 0 Å². The van der Waals surface area contributed by atoms with E-state index >= 15 is 0 Å². The van der Waals surface area contributed by atoms with Crippen molar-refractivity contribution in [1.82, 2.24) is 4.72 Å². The van der Waals surface area contributed by atoms with Crippen LogP contribution in [0.3, 0.4) is 0 Å². The van der Waals surface area contributed by atoms with Gasteiger partial charge in [0.05, 0.1) is 4.90 Å². The molecule has 0 radical (unpaired) electrons. The third kappa shape index (κ3) is 2.36. The fourth-order valence-corrected chi connectivity index (χ4v) is 5.07. The largest absolute Gasteiger partial charge is 0.396 e. The average Bonchev–Trinajstić information content (AvgIpc) is 2.99. The van der Waals surface area contributed by atoms with Gasteiger partial charge in [0.2, 0.25) is 10.0 Å². The van der Waals surface area contributed by atoms with Crippen LogP contribution in [0.2, 0.25) is 0 Å². The number of aliphatic hydroxyl groups excluding tert-OH is 1. The molecule has 4 atom stereocenters. The molecule has 0 spiro atoms. The van der Waals surface area contributed by atoms with Gasteiger partial charge in [-0.2, -0.15) is 0 Å². The van der Waals surface area contributed by atoms with Gasteiger partial charge in [-0.1, -0.05) is 0 Å². The molecule has 0 aliphatic heterocycles. The molecule has 4 nitrogen and oxygen atoms in total. The zero-order valence-electron chi connectivity index (χ0n) is 11.0. The van der Waals surface area contributed by atoms with E-state index in [1.807, 2.05) is 0 Å². The predicted octanol–water partition coefficient (Wildman–Crippen LogP) is 1.51. The molecule has 110 valence electrons. The summed E-state index contributed by atoms with van der Waals surface area (Å²) in [4.78, 5) is 0.0679. The second-order valence-corrected chi connectivity index (χ2v) is 7.49. The van der Waals surface area contributed by atoms with Gasteiger partial charge >= 0.3 is 0 Å². The molecule has 0 amide bonds. The van der Waals surface area contributed by atoms with E-state index in [2.05, 4.69) is 4.72 Å². The van der Waals surface area contributed by atoms with Crippen molar-refractivity contribution in [2.24, 2.45) is 17.8 Å². The highest BCUT2D eigenvalue weighted by molar-refractivity contribution is 7.89. The molecule has 2 bridgehead atoms. The maximum absolute atomic E-state index is 12.9. The monoisotopic (exact) mass is 299 g/mol. The van der Waals surface area contributed by atoms with Crippen LogP contribution < -0.4 is 4.72 Å². The second-order valence-electron chi connectivity index (χ2n) is 5.78. The summed E-state index contributed by atoms with van der Waals surface area (Å²) >= 11 is 0. The SMILES string of the molecule is O=S(=O)(NC1C2CCC(C2)C1CO)c1ccc(F)cc1. The van der Waals surface area contributed by atoms with Crippen molar-refractivity contribution in [3.63, 3.8) is 0 Å². The Hall–Kier alpha value is -0.980. The highest BCUT2D eigenvalue weighted by Gasteiger charge is 2.48. The van der Waals surface area contributed by atoms with Gasteiger partial charge in [-0.3, -0.25) is 0 Å².